The minimum Gasteiger partial charge on any atom is -0.338 e. The van der Waals surface area contributed by atoms with Crippen molar-refractivity contribution in [3.05, 3.63) is 11.7 Å². The molecule has 0 bridgehead atoms. The van der Waals surface area contributed by atoms with Gasteiger partial charge in [0.2, 0.25) is 5.89 Å². The van der Waals surface area contributed by atoms with Crippen LogP contribution in [0.2, 0.25) is 0 Å². The first kappa shape index (κ1) is 13.1. The van der Waals surface area contributed by atoms with Crippen molar-refractivity contribution in [1.29, 1.82) is 0 Å². The molecule has 0 aliphatic carbocycles. The van der Waals surface area contributed by atoms with E-state index in [1.165, 1.54) is 0 Å². The zero-order valence-corrected chi connectivity index (χ0v) is 10.7. The summed E-state index contributed by atoms with van der Waals surface area (Å²) in [6.07, 6.45) is 1.95. The predicted octanol–water partition coefficient (Wildman–Crippen LogP) is 0.846. The maximum absolute atomic E-state index is 11.3. The highest BCUT2D eigenvalue weighted by Crippen LogP contribution is 2.20. The van der Waals surface area contributed by atoms with Crippen molar-refractivity contribution in [1.82, 2.24) is 15.5 Å². The summed E-state index contributed by atoms with van der Waals surface area (Å²) in [7, 11) is -1.40. The van der Waals surface area contributed by atoms with Crippen LogP contribution in [0.5, 0.6) is 0 Å². The normalized spacial score (nSPS) is 16.0. The number of hydrogen-bond donors (Lipinski definition) is 1. The molecular weight excluding hydrogens is 230 g/mol. The number of aromatic nitrogens is 2. The van der Waals surface area contributed by atoms with E-state index in [1.807, 2.05) is 6.92 Å². The van der Waals surface area contributed by atoms with Gasteiger partial charge in [0.05, 0.1) is 6.04 Å². The van der Waals surface area contributed by atoms with Crippen molar-refractivity contribution in [2.45, 2.75) is 31.6 Å². The molecule has 0 saturated carbocycles. The Balaban J connectivity index is 2.95. The topological polar surface area (TPSA) is 85.1 Å². The maximum Gasteiger partial charge on any atom is 0.243 e. The van der Waals surface area contributed by atoms with E-state index in [4.69, 9.17) is 4.52 Å². The standard InChI is InChI=1S/C9H17N3O3S/c1-5-7(10-3)9-11-8(12-15-9)6(2)16(4,13)14/h6-7,10H,5H2,1-4H3. The Bertz CT molecular complexity index is 437. The Morgan fingerprint density at radius 1 is 1.50 bits per heavy atom. The number of sulfone groups is 1. The van der Waals surface area contributed by atoms with Gasteiger partial charge in [0, 0.05) is 6.26 Å². The molecule has 0 radical (unpaired) electrons. The zero-order valence-electron chi connectivity index (χ0n) is 9.89. The van der Waals surface area contributed by atoms with Crippen LogP contribution in [0.15, 0.2) is 4.52 Å². The lowest BCUT2D eigenvalue weighted by Gasteiger charge is -2.07. The third-order valence-electron chi connectivity index (χ3n) is 2.52. The van der Waals surface area contributed by atoms with Gasteiger partial charge in [0.15, 0.2) is 15.7 Å². The van der Waals surface area contributed by atoms with E-state index in [-0.39, 0.29) is 11.9 Å². The van der Waals surface area contributed by atoms with Crippen LogP contribution in [0.25, 0.3) is 0 Å². The van der Waals surface area contributed by atoms with Crippen molar-refractivity contribution < 1.29 is 12.9 Å². The zero-order chi connectivity index (χ0) is 12.3. The number of nitrogens with one attached hydrogen (secondary N) is 1. The minimum atomic E-state index is -3.19. The lowest BCUT2D eigenvalue weighted by Crippen LogP contribution is -2.16. The summed E-state index contributed by atoms with van der Waals surface area (Å²) in [5, 5.41) is 5.97. The van der Waals surface area contributed by atoms with Crippen LogP contribution in [0.1, 0.15) is 43.3 Å². The number of nitrogens with zero attached hydrogens (tertiary/aromatic N) is 2. The molecule has 0 saturated heterocycles. The molecule has 92 valence electrons. The van der Waals surface area contributed by atoms with Crippen LogP contribution in [0.3, 0.4) is 0 Å². The second-order valence-electron chi connectivity index (χ2n) is 3.71. The summed E-state index contributed by atoms with van der Waals surface area (Å²) in [5.74, 6) is 0.640. The number of hydrogen-bond acceptors (Lipinski definition) is 6. The highest BCUT2D eigenvalue weighted by Gasteiger charge is 2.24. The fraction of sp³-hybridized carbons (Fsp3) is 0.778. The molecule has 0 spiro atoms. The van der Waals surface area contributed by atoms with Crippen LogP contribution in [0, 0.1) is 0 Å². The van der Waals surface area contributed by atoms with Crippen LogP contribution in [-0.2, 0) is 9.84 Å². The van der Waals surface area contributed by atoms with Crippen molar-refractivity contribution in [3.63, 3.8) is 0 Å². The van der Waals surface area contributed by atoms with Gasteiger partial charge in [0.25, 0.3) is 0 Å². The van der Waals surface area contributed by atoms with Gasteiger partial charge in [-0.05, 0) is 20.4 Å². The monoisotopic (exact) mass is 247 g/mol. The van der Waals surface area contributed by atoms with Gasteiger partial charge in [-0.2, -0.15) is 4.98 Å². The third-order valence-corrected chi connectivity index (χ3v) is 4.01. The fourth-order valence-electron chi connectivity index (χ4n) is 1.25. The summed E-state index contributed by atoms with van der Waals surface area (Å²) in [4.78, 5) is 4.10. The molecule has 2 unspecified atom stereocenters. The van der Waals surface area contributed by atoms with Crippen LogP contribution < -0.4 is 5.32 Å². The first-order valence-electron chi connectivity index (χ1n) is 5.09. The molecule has 0 aromatic carbocycles. The fourth-order valence-corrected chi connectivity index (χ4v) is 1.73. The lowest BCUT2D eigenvalue weighted by molar-refractivity contribution is 0.331. The van der Waals surface area contributed by atoms with Gasteiger partial charge in [-0.1, -0.05) is 12.1 Å². The molecule has 0 aliphatic heterocycles. The lowest BCUT2D eigenvalue weighted by atomic mass is 10.2. The van der Waals surface area contributed by atoms with Crippen LogP contribution in [0.4, 0.5) is 0 Å². The van der Waals surface area contributed by atoms with Crippen molar-refractivity contribution in [2.75, 3.05) is 13.3 Å². The summed E-state index contributed by atoms with van der Waals surface area (Å²) in [6, 6.07) is -0.0342. The molecule has 0 amide bonds. The molecular formula is C9H17N3O3S. The Morgan fingerprint density at radius 3 is 2.56 bits per heavy atom. The van der Waals surface area contributed by atoms with Crippen LogP contribution >= 0.6 is 0 Å². The van der Waals surface area contributed by atoms with Crippen molar-refractivity contribution in [3.8, 4) is 0 Å². The number of rotatable bonds is 5. The third kappa shape index (κ3) is 2.79. The molecule has 1 aromatic rings. The molecule has 16 heavy (non-hydrogen) atoms. The predicted molar refractivity (Wildman–Crippen MR) is 59.6 cm³/mol. The van der Waals surface area contributed by atoms with Gasteiger partial charge in [0.1, 0.15) is 5.25 Å². The average molecular weight is 247 g/mol. The average Bonchev–Trinajstić information content (AvgIpc) is 2.66. The first-order chi connectivity index (χ1) is 7.40. The summed E-state index contributed by atoms with van der Waals surface area (Å²) >= 11 is 0. The van der Waals surface area contributed by atoms with Crippen molar-refractivity contribution >= 4 is 9.84 Å². The largest absolute Gasteiger partial charge is 0.338 e. The second kappa shape index (κ2) is 4.92. The van der Waals surface area contributed by atoms with E-state index in [0.29, 0.717) is 5.89 Å². The Hall–Kier alpha value is -0.950. The van der Waals surface area contributed by atoms with Gasteiger partial charge >= 0.3 is 0 Å². The van der Waals surface area contributed by atoms with E-state index in [0.717, 1.165) is 12.7 Å². The molecule has 1 N–H and O–H groups in total. The Kier molecular flexibility index (Phi) is 4.03. The molecule has 0 aliphatic rings. The maximum atomic E-state index is 11.3. The molecule has 1 aromatic heterocycles. The van der Waals surface area contributed by atoms with E-state index < -0.39 is 15.1 Å². The van der Waals surface area contributed by atoms with E-state index in [9.17, 15) is 8.42 Å². The second-order valence-corrected chi connectivity index (χ2v) is 6.08. The molecule has 2 atom stereocenters. The summed E-state index contributed by atoms with van der Waals surface area (Å²) < 4.78 is 27.7. The van der Waals surface area contributed by atoms with Gasteiger partial charge in [-0.3, -0.25) is 0 Å². The molecule has 1 heterocycles. The first-order valence-corrected chi connectivity index (χ1v) is 7.05. The van der Waals surface area contributed by atoms with Gasteiger partial charge < -0.3 is 9.84 Å². The van der Waals surface area contributed by atoms with Gasteiger partial charge in [-0.25, -0.2) is 8.42 Å². The highest BCUT2D eigenvalue weighted by atomic mass is 32.2. The smallest absolute Gasteiger partial charge is 0.243 e. The minimum absolute atomic E-state index is 0.0342. The quantitative estimate of drug-likeness (QED) is 0.830. The van der Waals surface area contributed by atoms with E-state index >= 15 is 0 Å². The van der Waals surface area contributed by atoms with E-state index in [2.05, 4.69) is 15.5 Å². The Morgan fingerprint density at radius 2 is 2.12 bits per heavy atom. The SMILES string of the molecule is CCC(NC)c1nc(C(C)S(C)(=O)=O)no1. The molecule has 0 fully saturated rings. The molecule has 7 heteroatoms. The van der Waals surface area contributed by atoms with Gasteiger partial charge in [-0.15, -0.1) is 0 Å². The van der Waals surface area contributed by atoms with Crippen LogP contribution in [-0.4, -0.2) is 31.9 Å². The van der Waals surface area contributed by atoms with Crippen molar-refractivity contribution in [2.24, 2.45) is 0 Å². The Labute approximate surface area is 95.3 Å². The molecule has 6 nitrogen and oxygen atoms in total. The molecule has 1 rings (SSSR count). The van der Waals surface area contributed by atoms with E-state index in [1.54, 1.807) is 14.0 Å². The summed E-state index contributed by atoms with van der Waals surface area (Å²) in [5.41, 5.74) is 0. The summed E-state index contributed by atoms with van der Waals surface area (Å²) in [6.45, 7) is 3.52. The highest BCUT2D eigenvalue weighted by molar-refractivity contribution is 7.90.